The maximum Gasteiger partial charge on any atom is 0.321 e. The highest BCUT2D eigenvalue weighted by Crippen LogP contribution is 2.19. The van der Waals surface area contributed by atoms with Crippen molar-refractivity contribution in [1.82, 2.24) is 15.1 Å². The predicted octanol–water partition coefficient (Wildman–Crippen LogP) is 0.0285. The summed E-state index contributed by atoms with van der Waals surface area (Å²) in [4.78, 5) is 48.9. The second-order valence-electron chi connectivity index (χ2n) is 5.97. The Kier molecular flexibility index (Phi) is 4.93. The van der Waals surface area contributed by atoms with Crippen molar-refractivity contribution >= 4 is 23.8 Å². The van der Waals surface area contributed by atoms with Crippen LogP contribution in [0.15, 0.2) is 0 Å². The number of nitrogens with zero attached hydrogens (tertiary/aromatic N) is 2. The zero-order valence-electron chi connectivity index (χ0n) is 12.7. The van der Waals surface area contributed by atoms with E-state index in [9.17, 15) is 19.2 Å². The molecule has 21 heavy (non-hydrogen) atoms. The molecule has 2 N–H and O–H groups in total. The summed E-state index contributed by atoms with van der Waals surface area (Å²) in [6, 6.07) is -1.29. The van der Waals surface area contributed by atoms with Crippen molar-refractivity contribution in [3.8, 4) is 0 Å². The van der Waals surface area contributed by atoms with Crippen LogP contribution in [0.3, 0.4) is 0 Å². The summed E-state index contributed by atoms with van der Waals surface area (Å²) in [6.07, 6.45) is -0.203. The van der Waals surface area contributed by atoms with E-state index in [1.54, 1.807) is 20.8 Å². The molecule has 8 heteroatoms. The normalized spacial score (nSPS) is 19.2. The Bertz CT molecular complexity index is 469. The molecule has 0 bridgehead atoms. The number of rotatable bonds is 3. The summed E-state index contributed by atoms with van der Waals surface area (Å²) in [7, 11) is 0. The minimum absolute atomic E-state index is 0.0106. The van der Waals surface area contributed by atoms with E-state index in [4.69, 9.17) is 5.11 Å². The number of urea groups is 1. The van der Waals surface area contributed by atoms with Gasteiger partial charge in [0.05, 0.1) is 6.42 Å². The van der Waals surface area contributed by atoms with Crippen LogP contribution >= 0.6 is 0 Å². The molecule has 0 spiro atoms. The van der Waals surface area contributed by atoms with E-state index >= 15 is 0 Å². The summed E-state index contributed by atoms with van der Waals surface area (Å²) in [6.45, 7) is 6.62. The van der Waals surface area contributed by atoms with Crippen molar-refractivity contribution in [3.63, 3.8) is 0 Å². The van der Waals surface area contributed by atoms with Crippen LogP contribution in [0.25, 0.3) is 0 Å². The SMILES string of the molecule is CC1C(=O)NC(=O)CN1C(=O)N(CCC(=O)O)C(C)(C)C. The van der Waals surface area contributed by atoms with E-state index in [1.807, 2.05) is 0 Å². The molecule has 0 aromatic carbocycles. The molecule has 1 heterocycles. The van der Waals surface area contributed by atoms with E-state index in [1.165, 1.54) is 11.8 Å². The number of hydrogen-bond donors (Lipinski definition) is 2. The summed E-state index contributed by atoms with van der Waals surface area (Å²) in [5.74, 6) is -2.09. The summed E-state index contributed by atoms with van der Waals surface area (Å²) >= 11 is 0. The van der Waals surface area contributed by atoms with Crippen LogP contribution in [0.1, 0.15) is 34.1 Å². The molecule has 8 nitrogen and oxygen atoms in total. The van der Waals surface area contributed by atoms with Crippen molar-refractivity contribution in [2.75, 3.05) is 13.1 Å². The highest BCUT2D eigenvalue weighted by molar-refractivity contribution is 6.03. The molecule has 1 aliphatic rings. The lowest BCUT2D eigenvalue weighted by Crippen LogP contribution is -2.63. The fourth-order valence-corrected chi connectivity index (χ4v) is 2.03. The fourth-order valence-electron chi connectivity index (χ4n) is 2.03. The highest BCUT2D eigenvalue weighted by Gasteiger charge is 2.38. The van der Waals surface area contributed by atoms with Gasteiger partial charge in [0, 0.05) is 12.1 Å². The van der Waals surface area contributed by atoms with Crippen molar-refractivity contribution < 1.29 is 24.3 Å². The van der Waals surface area contributed by atoms with Crippen LogP contribution in [0.2, 0.25) is 0 Å². The molecule has 0 radical (unpaired) electrons. The lowest BCUT2D eigenvalue weighted by molar-refractivity contribution is -0.140. The van der Waals surface area contributed by atoms with Gasteiger partial charge in [-0.05, 0) is 27.7 Å². The van der Waals surface area contributed by atoms with Gasteiger partial charge >= 0.3 is 12.0 Å². The largest absolute Gasteiger partial charge is 0.481 e. The minimum atomic E-state index is -1.02. The third kappa shape index (κ3) is 4.17. The maximum absolute atomic E-state index is 12.6. The molecule has 0 aliphatic carbocycles. The Morgan fingerprint density at radius 2 is 1.95 bits per heavy atom. The number of carboxylic acids is 1. The van der Waals surface area contributed by atoms with Crippen molar-refractivity contribution in [2.24, 2.45) is 0 Å². The number of aliphatic carboxylic acids is 1. The molecule has 1 aliphatic heterocycles. The lowest BCUT2D eigenvalue weighted by Gasteiger charge is -2.41. The van der Waals surface area contributed by atoms with Gasteiger partial charge < -0.3 is 14.9 Å². The van der Waals surface area contributed by atoms with E-state index in [-0.39, 0.29) is 19.5 Å². The van der Waals surface area contributed by atoms with Gasteiger partial charge in [-0.1, -0.05) is 0 Å². The number of piperazine rings is 1. The Morgan fingerprint density at radius 1 is 1.38 bits per heavy atom. The third-order valence-electron chi connectivity index (χ3n) is 3.26. The molecule has 1 rings (SSSR count). The second-order valence-corrected chi connectivity index (χ2v) is 5.97. The van der Waals surface area contributed by atoms with E-state index in [0.717, 1.165) is 4.90 Å². The van der Waals surface area contributed by atoms with Crippen LogP contribution in [-0.2, 0) is 14.4 Å². The molecule has 1 unspecified atom stereocenters. The number of carboxylic acid groups (broad SMARTS) is 1. The standard InChI is InChI=1S/C13H21N3O5/c1-8-11(20)14-9(17)7-15(8)12(21)16(13(2,3)4)6-5-10(18)19/h8H,5-7H2,1-4H3,(H,18,19)(H,14,17,20). The van der Waals surface area contributed by atoms with Crippen molar-refractivity contribution in [3.05, 3.63) is 0 Å². The molecular weight excluding hydrogens is 278 g/mol. The topological polar surface area (TPSA) is 107 Å². The van der Waals surface area contributed by atoms with Crippen LogP contribution in [0.4, 0.5) is 4.79 Å². The van der Waals surface area contributed by atoms with Gasteiger partial charge in [-0.15, -0.1) is 0 Å². The predicted molar refractivity (Wildman–Crippen MR) is 73.4 cm³/mol. The molecule has 0 saturated carbocycles. The molecule has 1 fully saturated rings. The number of hydrogen-bond acceptors (Lipinski definition) is 4. The monoisotopic (exact) mass is 299 g/mol. The zero-order valence-corrected chi connectivity index (χ0v) is 12.7. The van der Waals surface area contributed by atoms with Gasteiger partial charge in [-0.2, -0.15) is 0 Å². The average molecular weight is 299 g/mol. The third-order valence-corrected chi connectivity index (χ3v) is 3.26. The summed E-state index contributed by atoms with van der Waals surface area (Å²) in [5.41, 5.74) is -0.622. The van der Waals surface area contributed by atoms with Crippen LogP contribution in [0.5, 0.6) is 0 Å². The fraction of sp³-hybridized carbons (Fsp3) is 0.692. The molecule has 1 atom stereocenters. The van der Waals surface area contributed by atoms with Gasteiger partial charge in [-0.3, -0.25) is 19.7 Å². The molecule has 0 aromatic heterocycles. The number of carbonyl (C=O) groups is 4. The highest BCUT2D eigenvalue weighted by atomic mass is 16.4. The molecular formula is C13H21N3O5. The Hall–Kier alpha value is -2.12. The Balaban J connectivity index is 2.96. The van der Waals surface area contributed by atoms with Gasteiger partial charge in [0.15, 0.2) is 0 Å². The summed E-state index contributed by atoms with van der Waals surface area (Å²) < 4.78 is 0. The van der Waals surface area contributed by atoms with Gasteiger partial charge in [-0.25, -0.2) is 4.79 Å². The first kappa shape index (κ1) is 16.9. The molecule has 4 amide bonds. The van der Waals surface area contributed by atoms with Gasteiger partial charge in [0.2, 0.25) is 11.8 Å². The van der Waals surface area contributed by atoms with Gasteiger partial charge in [0.1, 0.15) is 12.6 Å². The zero-order chi connectivity index (χ0) is 16.4. The van der Waals surface area contributed by atoms with Crippen LogP contribution < -0.4 is 5.32 Å². The van der Waals surface area contributed by atoms with E-state index < -0.39 is 35.4 Å². The van der Waals surface area contributed by atoms with E-state index in [2.05, 4.69) is 5.32 Å². The number of amides is 4. The van der Waals surface area contributed by atoms with Gasteiger partial charge in [0.25, 0.3) is 0 Å². The maximum atomic E-state index is 12.6. The Labute approximate surface area is 123 Å². The number of nitrogens with one attached hydrogen (secondary N) is 1. The quantitative estimate of drug-likeness (QED) is 0.715. The first-order valence-electron chi connectivity index (χ1n) is 6.67. The first-order chi connectivity index (χ1) is 9.54. The average Bonchev–Trinajstić information content (AvgIpc) is 2.31. The number of imide groups is 1. The first-order valence-corrected chi connectivity index (χ1v) is 6.67. The van der Waals surface area contributed by atoms with Crippen LogP contribution in [0, 0.1) is 0 Å². The second kappa shape index (κ2) is 6.11. The number of carbonyl (C=O) groups excluding carboxylic acids is 3. The Morgan fingerprint density at radius 3 is 2.43 bits per heavy atom. The van der Waals surface area contributed by atoms with Crippen molar-refractivity contribution in [2.45, 2.75) is 45.7 Å². The molecule has 1 saturated heterocycles. The smallest absolute Gasteiger partial charge is 0.321 e. The van der Waals surface area contributed by atoms with E-state index in [0.29, 0.717) is 0 Å². The molecule has 0 aromatic rings. The van der Waals surface area contributed by atoms with Crippen LogP contribution in [-0.4, -0.2) is 63.4 Å². The minimum Gasteiger partial charge on any atom is -0.481 e. The molecule has 118 valence electrons. The van der Waals surface area contributed by atoms with Crippen molar-refractivity contribution in [1.29, 1.82) is 0 Å². The summed E-state index contributed by atoms with van der Waals surface area (Å²) in [5, 5.41) is 10.9. The lowest BCUT2D eigenvalue weighted by atomic mass is 10.1.